The molecule has 1 saturated heterocycles. The number of carbonyl (C=O) groups excluding carboxylic acids is 1. The van der Waals surface area contributed by atoms with Crippen LogP contribution in [0.25, 0.3) is 0 Å². The molecule has 0 N–H and O–H groups in total. The Morgan fingerprint density at radius 1 is 0.811 bits per heavy atom. The average molecular weight is 495 g/mol. The summed E-state index contributed by atoms with van der Waals surface area (Å²) in [6, 6.07) is 30.8. The number of ether oxygens (including phenoxy) is 5. The van der Waals surface area contributed by atoms with Gasteiger partial charge in [0.1, 0.15) is 37.4 Å². The number of Topliss-reactive ketones (excluding diaryl/α,β-unsaturated/α-hetero) is 1. The molecular weight excluding hydrogens is 468 g/mol. The Bertz CT molecular complexity index is 1420. The number of carbonyl (C=O) groups is 1. The van der Waals surface area contributed by atoms with Crippen LogP contribution in [-0.4, -0.2) is 25.1 Å². The van der Waals surface area contributed by atoms with E-state index in [2.05, 4.69) is 0 Å². The Labute approximate surface area is 215 Å². The molecule has 0 amide bonds. The van der Waals surface area contributed by atoms with Crippen molar-refractivity contribution in [1.29, 1.82) is 0 Å². The molecule has 0 saturated carbocycles. The molecule has 0 aromatic heterocycles. The molecular formula is C31H26O6. The Morgan fingerprint density at radius 3 is 2.22 bits per heavy atom. The molecule has 1 fully saturated rings. The zero-order valence-corrected chi connectivity index (χ0v) is 20.4. The quantitative estimate of drug-likeness (QED) is 0.283. The van der Waals surface area contributed by atoms with Crippen molar-refractivity contribution in [2.24, 2.45) is 0 Å². The molecule has 0 aliphatic carbocycles. The summed E-state index contributed by atoms with van der Waals surface area (Å²) in [5.41, 5.74) is 2.44. The molecule has 186 valence electrons. The van der Waals surface area contributed by atoms with Crippen LogP contribution in [0.2, 0.25) is 0 Å². The zero-order chi connectivity index (χ0) is 25.2. The highest BCUT2D eigenvalue weighted by atomic mass is 16.6. The summed E-state index contributed by atoms with van der Waals surface area (Å²) < 4.78 is 29.4. The van der Waals surface area contributed by atoms with Crippen molar-refractivity contribution in [2.75, 3.05) is 13.7 Å². The Hall–Kier alpha value is -4.29. The smallest absolute Gasteiger partial charge is 0.205 e. The highest BCUT2D eigenvalue weighted by Gasteiger charge is 2.65. The lowest BCUT2D eigenvalue weighted by Gasteiger charge is -2.23. The lowest BCUT2D eigenvalue weighted by Crippen LogP contribution is -2.37. The summed E-state index contributed by atoms with van der Waals surface area (Å²) in [6.07, 6.45) is -0.417. The molecule has 2 unspecified atom stereocenters. The fourth-order valence-electron chi connectivity index (χ4n) is 4.62. The molecule has 1 spiro atoms. The minimum Gasteiger partial charge on any atom is -0.493 e. The number of hydrogen-bond acceptors (Lipinski definition) is 6. The minimum absolute atomic E-state index is 0.0864. The van der Waals surface area contributed by atoms with Gasteiger partial charge in [0.2, 0.25) is 5.78 Å². The van der Waals surface area contributed by atoms with Gasteiger partial charge in [0.25, 0.3) is 0 Å². The van der Waals surface area contributed by atoms with Gasteiger partial charge in [0, 0.05) is 6.07 Å². The molecule has 4 aromatic rings. The Balaban J connectivity index is 1.15. The van der Waals surface area contributed by atoms with Crippen LogP contribution >= 0.6 is 0 Å². The van der Waals surface area contributed by atoms with Gasteiger partial charge in [-0.05, 0) is 41.0 Å². The monoisotopic (exact) mass is 494 g/mol. The highest BCUT2D eigenvalue weighted by molar-refractivity contribution is 6.08. The first-order chi connectivity index (χ1) is 18.2. The van der Waals surface area contributed by atoms with E-state index in [0.29, 0.717) is 41.8 Å². The second-order valence-corrected chi connectivity index (χ2v) is 9.12. The van der Waals surface area contributed by atoms with Gasteiger partial charge in [-0.1, -0.05) is 66.7 Å². The van der Waals surface area contributed by atoms with Gasteiger partial charge in [-0.3, -0.25) is 4.79 Å². The molecule has 0 radical (unpaired) electrons. The number of fused-ring (bicyclic) bond motifs is 1. The summed E-state index contributed by atoms with van der Waals surface area (Å²) in [5, 5.41) is 0. The van der Waals surface area contributed by atoms with Crippen molar-refractivity contribution in [3.63, 3.8) is 0 Å². The van der Waals surface area contributed by atoms with Gasteiger partial charge in [-0.2, -0.15) is 0 Å². The third kappa shape index (κ3) is 4.52. The van der Waals surface area contributed by atoms with E-state index >= 15 is 0 Å². The van der Waals surface area contributed by atoms with Crippen molar-refractivity contribution in [2.45, 2.75) is 24.9 Å². The summed E-state index contributed by atoms with van der Waals surface area (Å²) in [7, 11) is 1.60. The van der Waals surface area contributed by atoms with Crippen LogP contribution in [0.1, 0.15) is 33.2 Å². The van der Waals surface area contributed by atoms with Gasteiger partial charge in [0.05, 0.1) is 12.7 Å². The van der Waals surface area contributed by atoms with Gasteiger partial charge >= 0.3 is 0 Å². The van der Waals surface area contributed by atoms with E-state index in [1.54, 1.807) is 25.3 Å². The SMILES string of the molecule is COc1cc(C2OC23COc2cc(OCc4ccccc4)ccc2C3=O)ccc1OCc1ccccc1. The van der Waals surface area contributed by atoms with E-state index in [9.17, 15) is 4.79 Å². The molecule has 6 rings (SSSR count). The molecule has 2 heterocycles. The van der Waals surface area contributed by atoms with Crippen LogP contribution in [0.4, 0.5) is 0 Å². The number of benzene rings is 4. The van der Waals surface area contributed by atoms with E-state index in [4.69, 9.17) is 23.7 Å². The first kappa shape index (κ1) is 23.1. The standard InChI is InChI=1S/C31H26O6/c1-33-28-16-23(12-15-26(28)35-19-22-10-6-3-7-11-22)30-31(37-30)20-36-27-17-24(13-14-25(27)29(31)32)34-18-21-8-4-2-5-9-21/h2-17,30H,18-20H2,1H3. The first-order valence-corrected chi connectivity index (χ1v) is 12.2. The third-order valence-electron chi connectivity index (χ3n) is 6.69. The van der Waals surface area contributed by atoms with Crippen molar-refractivity contribution < 1.29 is 28.5 Å². The molecule has 2 aliphatic heterocycles. The van der Waals surface area contributed by atoms with Crippen LogP contribution in [0.5, 0.6) is 23.0 Å². The number of ketones is 1. The van der Waals surface area contributed by atoms with Crippen LogP contribution < -0.4 is 18.9 Å². The lowest BCUT2D eigenvalue weighted by molar-refractivity contribution is 0.0755. The maximum Gasteiger partial charge on any atom is 0.205 e. The number of hydrogen-bond donors (Lipinski definition) is 0. The average Bonchev–Trinajstić information content (AvgIpc) is 3.69. The summed E-state index contributed by atoms with van der Waals surface area (Å²) >= 11 is 0. The molecule has 6 heteroatoms. The van der Waals surface area contributed by atoms with E-state index in [1.165, 1.54) is 0 Å². The van der Waals surface area contributed by atoms with E-state index in [-0.39, 0.29) is 12.4 Å². The molecule has 0 bridgehead atoms. The van der Waals surface area contributed by atoms with Crippen LogP contribution in [-0.2, 0) is 18.0 Å². The second-order valence-electron chi connectivity index (χ2n) is 9.12. The largest absolute Gasteiger partial charge is 0.493 e. The molecule has 37 heavy (non-hydrogen) atoms. The van der Waals surface area contributed by atoms with E-state index < -0.39 is 11.7 Å². The summed E-state index contributed by atoms with van der Waals surface area (Å²) in [5.74, 6) is 2.29. The van der Waals surface area contributed by atoms with Gasteiger partial charge < -0.3 is 23.7 Å². The number of methoxy groups -OCH3 is 1. The number of rotatable bonds is 8. The predicted molar refractivity (Wildman–Crippen MR) is 137 cm³/mol. The molecule has 4 aromatic carbocycles. The van der Waals surface area contributed by atoms with Crippen molar-refractivity contribution in [3.8, 4) is 23.0 Å². The van der Waals surface area contributed by atoms with Gasteiger partial charge in [-0.25, -0.2) is 0 Å². The molecule has 6 nitrogen and oxygen atoms in total. The summed E-state index contributed by atoms with van der Waals surface area (Å²) in [4.78, 5) is 13.5. The van der Waals surface area contributed by atoms with Crippen molar-refractivity contribution in [1.82, 2.24) is 0 Å². The fourth-order valence-corrected chi connectivity index (χ4v) is 4.62. The molecule has 2 atom stereocenters. The predicted octanol–water partition coefficient (Wildman–Crippen LogP) is 5.94. The van der Waals surface area contributed by atoms with Gasteiger partial charge in [0.15, 0.2) is 17.1 Å². The van der Waals surface area contributed by atoms with Crippen molar-refractivity contribution in [3.05, 3.63) is 119 Å². The minimum atomic E-state index is -1.03. The van der Waals surface area contributed by atoms with E-state index in [0.717, 1.165) is 16.7 Å². The third-order valence-corrected chi connectivity index (χ3v) is 6.69. The number of epoxide rings is 1. The lowest BCUT2D eigenvalue weighted by atomic mass is 9.89. The van der Waals surface area contributed by atoms with Crippen LogP contribution in [0, 0.1) is 0 Å². The Kier molecular flexibility index (Phi) is 6.02. The van der Waals surface area contributed by atoms with Crippen LogP contribution in [0.3, 0.4) is 0 Å². The molecule has 2 aliphatic rings. The highest BCUT2D eigenvalue weighted by Crippen LogP contribution is 2.55. The topological polar surface area (TPSA) is 66.5 Å². The van der Waals surface area contributed by atoms with E-state index in [1.807, 2.05) is 78.9 Å². The normalized spacial score (nSPS) is 19.6. The first-order valence-electron chi connectivity index (χ1n) is 12.2. The fraction of sp³-hybridized carbons (Fsp3) is 0.194. The Morgan fingerprint density at radius 2 is 1.51 bits per heavy atom. The maximum atomic E-state index is 13.5. The van der Waals surface area contributed by atoms with Crippen molar-refractivity contribution >= 4 is 5.78 Å². The van der Waals surface area contributed by atoms with Gasteiger partial charge in [-0.15, -0.1) is 0 Å². The second kappa shape index (κ2) is 9.64. The zero-order valence-electron chi connectivity index (χ0n) is 20.4. The maximum absolute atomic E-state index is 13.5. The van der Waals surface area contributed by atoms with Crippen LogP contribution in [0.15, 0.2) is 97.1 Å². The summed E-state index contributed by atoms with van der Waals surface area (Å²) in [6.45, 7) is 1.01.